The molecule has 1 heterocycles. The highest BCUT2D eigenvalue weighted by molar-refractivity contribution is 7.12. The first-order chi connectivity index (χ1) is 12.7. The van der Waals surface area contributed by atoms with Gasteiger partial charge in [-0.15, -0.1) is 11.3 Å². The highest BCUT2D eigenvalue weighted by Gasteiger charge is 2.22. The average molecular weight is 453 g/mol. The number of nitrogens with one attached hydrogen (secondary N) is 1. The van der Waals surface area contributed by atoms with Crippen molar-refractivity contribution in [3.63, 3.8) is 0 Å². The van der Waals surface area contributed by atoms with Crippen LogP contribution in [0.3, 0.4) is 0 Å². The van der Waals surface area contributed by atoms with Gasteiger partial charge in [0.15, 0.2) is 5.84 Å². The van der Waals surface area contributed by atoms with Gasteiger partial charge in [0.1, 0.15) is 4.88 Å². The van der Waals surface area contributed by atoms with E-state index in [1.165, 1.54) is 35.7 Å². The van der Waals surface area contributed by atoms with E-state index in [0.29, 0.717) is 16.8 Å². The maximum atomic E-state index is 11.7. The Balaban J connectivity index is 0.00000176. The molecule has 0 atom stereocenters. The quantitative estimate of drug-likeness (QED) is 0.195. The second kappa shape index (κ2) is 10.4. The number of oxime groups is 1. The first-order valence-corrected chi connectivity index (χ1v) is 9.49. The molecule has 0 unspecified atom stereocenters. The Morgan fingerprint density at radius 3 is 2.30 bits per heavy atom. The van der Waals surface area contributed by atoms with Gasteiger partial charge in [0.2, 0.25) is 3.79 Å². The van der Waals surface area contributed by atoms with Gasteiger partial charge in [0.05, 0.1) is 0 Å². The molecule has 0 saturated heterocycles. The van der Waals surface area contributed by atoms with Crippen molar-refractivity contribution in [3.8, 4) is 0 Å². The minimum absolute atomic E-state index is 0.0895. The number of thiophene rings is 1. The number of halogens is 3. The van der Waals surface area contributed by atoms with Crippen LogP contribution >= 0.6 is 46.1 Å². The highest BCUT2D eigenvalue weighted by atomic mass is 35.6. The Morgan fingerprint density at radius 2 is 1.81 bits per heavy atom. The summed E-state index contributed by atoms with van der Waals surface area (Å²) >= 11 is 18.2. The van der Waals surface area contributed by atoms with Gasteiger partial charge in [-0.1, -0.05) is 65.9 Å². The predicted molar refractivity (Wildman–Crippen MR) is 109 cm³/mol. The smallest absolute Gasteiger partial charge is 0.437 e. The van der Waals surface area contributed by atoms with Gasteiger partial charge in [-0.2, -0.15) is 0 Å². The van der Waals surface area contributed by atoms with Gasteiger partial charge in [0, 0.05) is 22.2 Å². The third-order valence-electron chi connectivity index (χ3n) is 2.79. The van der Waals surface area contributed by atoms with Crippen LogP contribution in [0.15, 0.2) is 40.9 Å². The fourth-order valence-corrected chi connectivity index (χ4v) is 2.73. The first kappa shape index (κ1) is 23.0. The molecule has 0 aliphatic carbocycles. The van der Waals surface area contributed by atoms with Gasteiger partial charge < -0.3 is 10.8 Å². The van der Waals surface area contributed by atoms with Gasteiger partial charge >= 0.3 is 12.1 Å². The maximum absolute atomic E-state index is 11.7. The number of carbonyl (C=O) groups is 2. The number of alkyl halides is 3. The number of nitrogens with two attached hydrogens (primary N) is 1. The molecule has 1 aromatic heterocycles. The zero-order valence-corrected chi connectivity index (χ0v) is 17.3. The number of hydrogen-bond acceptors (Lipinski definition) is 5. The van der Waals surface area contributed by atoms with Gasteiger partial charge in [-0.25, -0.2) is 9.59 Å². The summed E-state index contributed by atoms with van der Waals surface area (Å²) in [5.74, 6) is -1.22. The SMILES string of the molecule is CC.N/C(=N/OC(=O)Nc1ccc(C(Cl)(Cl)Cl)cc1)c1csc(C(=O)O)c1. The van der Waals surface area contributed by atoms with Crippen LogP contribution in [0.5, 0.6) is 0 Å². The number of nitrogens with zero attached hydrogens (tertiary/aromatic N) is 1. The number of hydrogen-bond donors (Lipinski definition) is 3. The molecule has 0 aliphatic heterocycles. The lowest BCUT2D eigenvalue weighted by Crippen LogP contribution is -2.17. The van der Waals surface area contributed by atoms with Crippen molar-refractivity contribution in [2.45, 2.75) is 17.6 Å². The monoisotopic (exact) mass is 451 g/mol. The fraction of sp³-hybridized carbons (Fsp3) is 0.188. The number of benzene rings is 1. The van der Waals surface area contributed by atoms with Crippen LogP contribution in [0.25, 0.3) is 0 Å². The van der Waals surface area contributed by atoms with Gasteiger partial charge in [-0.05, 0) is 18.2 Å². The number of aromatic carboxylic acids is 1. The number of carboxylic acids is 1. The van der Waals surface area contributed by atoms with Gasteiger partial charge in [0.25, 0.3) is 0 Å². The molecule has 1 amide bonds. The molecule has 146 valence electrons. The number of rotatable bonds is 4. The van der Waals surface area contributed by atoms with E-state index in [1.54, 1.807) is 0 Å². The maximum Gasteiger partial charge on any atom is 0.437 e. The van der Waals surface area contributed by atoms with Gasteiger partial charge in [-0.3, -0.25) is 10.2 Å². The third kappa shape index (κ3) is 7.26. The van der Waals surface area contributed by atoms with Crippen molar-refractivity contribution in [1.82, 2.24) is 0 Å². The van der Waals surface area contributed by atoms with E-state index >= 15 is 0 Å². The van der Waals surface area contributed by atoms with Crippen LogP contribution in [-0.2, 0) is 8.63 Å². The highest BCUT2D eigenvalue weighted by Crippen LogP contribution is 2.38. The molecule has 1 aromatic carbocycles. The summed E-state index contributed by atoms with van der Waals surface area (Å²) < 4.78 is -1.56. The van der Waals surface area contributed by atoms with Crippen LogP contribution in [0.4, 0.5) is 10.5 Å². The van der Waals surface area contributed by atoms with Crippen molar-refractivity contribution < 1.29 is 19.5 Å². The van der Waals surface area contributed by atoms with Crippen LogP contribution < -0.4 is 11.1 Å². The zero-order chi connectivity index (χ0) is 20.6. The molecule has 0 spiro atoms. The standard InChI is InChI=1S/C14H10Cl3N3O4S.C2H6/c15-14(16,17)8-1-3-9(4-2-8)19-13(23)24-20-11(18)7-5-10(12(21)22)25-6-7;1-2/h1-6H,(H2,18,20)(H,19,23)(H,21,22);1-2H3. The summed E-state index contributed by atoms with van der Waals surface area (Å²) in [5, 5.41) is 16.2. The van der Waals surface area contributed by atoms with Crippen LogP contribution in [0, 0.1) is 0 Å². The van der Waals surface area contributed by atoms with Crippen molar-refractivity contribution in [1.29, 1.82) is 0 Å². The molecule has 4 N–H and O–H groups in total. The Hall–Kier alpha value is -2.00. The summed E-state index contributed by atoms with van der Waals surface area (Å²) in [6.45, 7) is 4.00. The van der Waals surface area contributed by atoms with Crippen LogP contribution in [0.1, 0.15) is 34.6 Å². The lowest BCUT2D eigenvalue weighted by molar-refractivity contribution is 0.0702. The lowest BCUT2D eigenvalue weighted by Gasteiger charge is -2.11. The molecule has 11 heteroatoms. The number of carbonyl (C=O) groups excluding carboxylic acids is 1. The Kier molecular flexibility index (Phi) is 8.84. The molecule has 0 saturated carbocycles. The molecule has 27 heavy (non-hydrogen) atoms. The Morgan fingerprint density at radius 1 is 1.22 bits per heavy atom. The van der Waals surface area contributed by atoms with Crippen molar-refractivity contribution in [3.05, 3.63) is 51.7 Å². The largest absolute Gasteiger partial charge is 0.477 e. The second-order valence-electron chi connectivity index (χ2n) is 4.56. The van der Waals surface area contributed by atoms with Crippen molar-refractivity contribution in [2.75, 3.05) is 5.32 Å². The summed E-state index contributed by atoms with van der Waals surface area (Å²) in [6.07, 6.45) is -0.890. The Labute approximate surface area is 174 Å². The second-order valence-corrected chi connectivity index (χ2v) is 7.75. The fourth-order valence-electron chi connectivity index (χ4n) is 1.61. The van der Waals surface area contributed by atoms with E-state index in [2.05, 4.69) is 15.3 Å². The van der Waals surface area contributed by atoms with E-state index in [-0.39, 0.29) is 10.7 Å². The summed E-state index contributed by atoms with van der Waals surface area (Å²) in [5.41, 5.74) is 6.79. The minimum Gasteiger partial charge on any atom is -0.477 e. The molecule has 0 bridgehead atoms. The normalized spacial score (nSPS) is 11.2. The van der Waals surface area contributed by atoms with Crippen LogP contribution in [-0.4, -0.2) is 23.0 Å². The molecule has 0 fully saturated rings. The third-order valence-corrected chi connectivity index (χ3v) is 4.36. The number of carboxylic acid groups (broad SMARTS) is 1. The van der Waals surface area contributed by atoms with Crippen molar-refractivity contribution >= 4 is 69.7 Å². The predicted octanol–water partition coefficient (Wildman–Crippen LogP) is 5.17. The number of amidine groups is 1. The molecular formula is C16H16Cl3N3O4S. The number of anilines is 1. The van der Waals surface area contributed by atoms with E-state index < -0.39 is 15.9 Å². The van der Waals surface area contributed by atoms with E-state index in [0.717, 1.165) is 11.3 Å². The molecule has 7 nitrogen and oxygen atoms in total. The molecule has 0 radical (unpaired) electrons. The van der Waals surface area contributed by atoms with Crippen molar-refractivity contribution in [2.24, 2.45) is 10.9 Å². The van der Waals surface area contributed by atoms with E-state index in [4.69, 9.17) is 45.6 Å². The molecular weight excluding hydrogens is 437 g/mol. The minimum atomic E-state index is -1.56. The molecule has 2 aromatic rings. The lowest BCUT2D eigenvalue weighted by atomic mass is 10.2. The summed E-state index contributed by atoms with van der Waals surface area (Å²) in [6, 6.07) is 7.41. The molecule has 2 rings (SSSR count). The average Bonchev–Trinajstić information content (AvgIpc) is 3.12. The summed E-state index contributed by atoms with van der Waals surface area (Å²) in [7, 11) is 0. The summed E-state index contributed by atoms with van der Waals surface area (Å²) in [4.78, 5) is 27.2. The molecule has 0 aliphatic rings. The number of amides is 1. The topological polar surface area (TPSA) is 114 Å². The Bertz CT molecular complexity index is 817. The zero-order valence-electron chi connectivity index (χ0n) is 14.2. The van der Waals surface area contributed by atoms with Crippen LogP contribution in [0.2, 0.25) is 0 Å². The van der Waals surface area contributed by atoms with E-state index in [9.17, 15) is 9.59 Å². The van der Waals surface area contributed by atoms with E-state index in [1.807, 2.05) is 13.8 Å². The first-order valence-electron chi connectivity index (χ1n) is 7.48.